The SMILES string of the molecule is Cc1ccc(COc2ccc3c(=O)c(Oc4ccc(C(C)(C)C)cc4)c(C(F)(F)F)oc3c2)cc1. The van der Waals surface area contributed by atoms with Gasteiger partial charge in [0.2, 0.25) is 11.2 Å². The third kappa shape index (κ3) is 5.50. The van der Waals surface area contributed by atoms with Crippen LogP contribution >= 0.6 is 0 Å². The normalized spacial score (nSPS) is 12.1. The summed E-state index contributed by atoms with van der Waals surface area (Å²) in [6.07, 6.45) is -4.94. The molecule has 3 aromatic carbocycles. The van der Waals surface area contributed by atoms with Gasteiger partial charge >= 0.3 is 6.18 Å². The zero-order valence-electron chi connectivity index (χ0n) is 19.8. The molecule has 1 heterocycles. The van der Waals surface area contributed by atoms with Gasteiger partial charge in [-0.1, -0.05) is 62.7 Å². The minimum Gasteiger partial charge on any atom is -0.489 e. The summed E-state index contributed by atoms with van der Waals surface area (Å²) in [6.45, 7) is 8.23. The van der Waals surface area contributed by atoms with E-state index in [2.05, 4.69) is 0 Å². The molecule has 4 aromatic rings. The third-order valence-corrected chi connectivity index (χ3v) is 5.55. The number of rotatable bonds is 5. The smallest absolute Gasteiger partial charge is 0.453 e. The van der Waals surface area contributed by atoms with Gasteiger partial charge < -0.3 is 13.9 Å². The summed E-state index contributed by atoms with van der Waals surface area (Å²) < 4.78 is 57.8. The first-order valence-electron chi connectivity index (χ1n) is 11.1. The van der Waals surface area contributed by atoms with E-state index in [1.54, 1.807) is 12.1 Å². The van der Waals surface area contributed by atoms with Gasteiger partial charge in [-0.05, 0) is 47.7 Å². The van der Waals surface area contributed by atoms with Crippen LogP contribution in [0.2, 0.25) is 0 Å². The van der Waals surface area contributed by atoms with Crippen molar-refractivity contribution >= 4 is 11.0 Å². The Morgan fingerprint density at radius 3 is 2.09 bits per heavy atom. The van der Waals surface area contributed by atoms with Crippen LogP contribution < -0.4 is 14.9 Å². The van der Waals surface area contributed by atoms with E-state index < -0.39 is 23.1 Å². The largest absolute Gasteiger partial charge is 0.489 e. The van der Waals surface area contributed by atoms with E-state index in [1.807, 2.05) is 52.0 Å². The standard InChI is InChI=1S/C28H25F3O4/c1-17-5-7-18(8-6-17)16-33-21-13-14-22-23(15-21)35-26(28(29,30)31)25(24(22)32)34-20-11-9-19(10-12-20)27(2,3)4/h5-15H,16H2,1-4H3. The Kier molecular flexibility index (Phi) is 6.36. The van der Waals surface area contributed by atoms with Crippen molar-refractivity contribution in [3.63, 3.8) is 0 Å². The lowest BCUT2D eigenvalue weighted by Crippen LogP contribution is -2.15. The zero-order chi connectivity index (χ0) is 25.4. The second kappa shape index (κ2) is 9.13. The van der Waals surface area contributed by atoms with E-state index in [0.29, 0.717) is 0 Å². The average molecular weight is 482 g/mol. The Balaban J connectivity index is 1.68. The van der Waals surface area contributed by atoms with Crippen LogP contribution in [0.3, 0.4) is 0 Å². The quantitative estimate of drug-likeness (QED) is 0.291. The lowest BCUT2D eigenvalue weighted by Gasteiger charge is -2.19. The molecule has 0 atom stereocenters. The summed E-state index contributed by atoms with van der Waals surface area (Å²) in [5.74, 6) is -2.01. The fraction of sp³-hybridized carbons (Fsp3) is 0.250. The van der Waals surface area contributed by atoms with Crippen molar-refractivity contribution in [3.05, 3.63) is 99.4 Å². The molecule has 0 aliphatic heterocycles. The highest BCUT2D eigenvalue weighted by Crippen LogP contribution is 2.39. The van der Waals surface area contributed by atoms with Crippen molar-refractivity contribution in [3.8, 4) is 17.2 Å². The monoisotopic (exact) mass is 482 g/mol. The van der Waals surface area contributed by atoms with Crippen LogP contribution in [0, 0.1) is 6.92 Å². The van der Waals surface area contributed by atoms with Gasteiger partial charge in [-0.25, -0.2) is 0 Å². The maximum atomic E-state index is 13.8. The minimum atomic E-state index is -4.94. The number of aryl methyl sites for hydroxylation is 1. The molecule has 4 nitrogen and oxygen atoms in total. The van der Waals surface area contributed by atoms with Crippen molar-refractivity contribution in [2.45, 2.75) is 45.9 Å². The summed E-state index contributed by atoms with van der Waals surface area (Å²) in [6, 6.07) is 18.4. The van der Waals surface area contributed by atoms with E-state index in [1.165, 1.54) is 30.3 Å². The molecule has 0 spiro atoms. The van der Waals surface area contributed by atoms with Crippen molar-refractivity contribution in [1.29, 1.82) is 0 Å². The first-order valence-corrected chi connectivity index (χ1v) is 11.1. The minimum absolute atomic E-state index is 0.0398. The summed E-state index contributed by atoms with van der Waals surface area (Å²) in [5, 5.41) is -0.0398. The molecule has 0 radical (unpaired) electrons. The predicted molar refractivity (Wildman–Crippen MR) is 128 cm³/mol. The van der Waals surface area contributed by atoms with Gasteiger partial charge in [0.05, 0.1) is 5.39 Å². The van der Waals surface area contributed by atoms with Crippen LogP contribution in [-0.4, -0.2) is 0 Å². The van der Waals surface area contributed by atoms with Crippen LogP contribution in [0.4, 0.5) is 13.2 Å². The molecule has 35 heavy (non-hydrogen) atoms. The molecule has 4 rings (SSSR count). The van der Waals surface area contributed by atoms with Gasteiger partial charge in [-0.2, -0.15) is 13.2 Å². The Morgan fingerprint density at radius 1 is 0.857 bits per heavy atom. The van der Waals surface area contributed by atoms with E-state index in [0.717, 1.165) is 16.7 Å². The van der Waals surface area contributed by atoms with Crippen LogP contribution in [-0.2, 0) is 18.2 Å². The van der Waals surface area contributed by atoms with Crippen LogP contribution in [0.1, 0.15) is 43.2 Å². The predicted octanol–water partition coefficient (Wildman–Crippen LogP) is 7.79. The summed E-state index contributed by atoms with van der Waals surface area (Å²) >= 11 is 0. The number of ether oxygens (including phenoxy) is 2. The number of fused-ring (bicyclic) bond motifs is 1. The van der Waals surface area contributed by atoms with Crippen LogP contribution in [0.5, 0.6) is 17.2 Å². The number of halogens is 3. The fourth-order valence-electron chi connectivity index (χ4n) is 3.52. The van der Waals surface area contributed by atoms with Gasteiger partial charge in [-0.3, -0.25) is 4.79 Å². The molecule has 0 saturated heterocycles. The molecule has 0 saturated carbocycles. The molecule has 0 aliphatic carbocycles. The Hall–Kier alpha value is -3.74. The topological polar surface area (TPSA) is 48.7 Å². The van der Waals surface area contributed by atoms with E-state index in [4.69, 9.17) is 13.9 Å². The molecule has 182 valence electrons. The van der Waals surface area contributed by atoms with Crippen molar-refractivity contribution in [2.24, 2.45) is 0 Å². The Labute approximate surface area is 200 Å². The van der Waals surface area contributed by atoms with E-state index in [9.17, 15) is 18.0 Å². The van der Waals surface area contributed by atoms with Gasteiger partial charge in [0.25, 0.3) is 5.76 Å². The lowest BCUT2D eigenvalue weighted by atomic mass is 9.87. The Bertz CT molecular complexity index is 1390. The molecular formula is C28H25F3O4. The number of hydrogen-bond donors (Lipinski definition) is 0. The summed E-state index contributed by atoms with van der Waals surface area (Å²) in [7, 11) is 0. The molecule has 0 fully saturated rings. The fourth-order valence-corrected chi connectivity index (χ4v) is 3.52. The number of hydrogen-bond acceptors (Lipinski definition) is 4. The first-order chi connectivity index (χ1) is 16.4. The van der Waals surface area contributed by atoms with E-state index in [-0.39, 0.29) is 34.5 Å². The number of benzene rings is 3. The van der Waals surface area contributed by atoms with Crippen LogP contribution in [0.25, 0.3) is 11.0 Å². The summed E-state index contributed by atoms with van der Waals surface area (Å²) in [4.78, 5) is 13.0. The molecule has 0 N–H and O–H groups in total. The highest BCUT2D eigenvalue weighted by molar-refractivity contribution is 5.79. The van der Waals surface area contributed by atoms with Crippen molar-refractivity contribution < 1.29 is 27.1 Å². The van der Waals surface area contributed by atoms with Gasteiger partial charge in [0, 0.05) is 6.07 Å². The molecule has 1 aromatic heterocycles. The molecule has 0 aliphatic rings. The zero-order valence-corrected chi connectivity index (χ0v) is 19.8. The highest BCUT2D eigenvalue weighted by Gasteiger charge is 2.40. The third-order valence-electron chi connectivity index (χ3n) is 5.55. The Morgan fingerprint density at radius 2 is 1.49 bits per heavy atom. The van der Waals surface area contributed by atoms with Crippen molar-refractivity contribution in [1.82, 2.24) is 0 Å². The molecule has 0 unspecified atom stereocenters. The van der Waals surface area contributed by atoms with Crippen molar-refractivity contribution in [2.75, 3.05) is 0 Å². The molecule has 0 bridgehead atoms. The number of alkyl halides is 3. The molecule has 0 amide bonds. The van der Waals surface area contributed by atoms with Gasteiger partial charge in [-0.15, -0.1) is 0 Å². The van der Waals surface area contributed by atoms with Gasteiger partial charge in [0.15, 0.2) is 0 Å². The second-order valence-corrected chi connectivity index (χ2v) is 9.40. The van der Waals surface area contributed by atoms with Gasteiger partial charge in [0.1, 0.15) is 23.7 Å². The molecule has 7 heteroatoms. The summed E-state index contributed by atoms with van der Waals surface area (Å²) in [5.41, 5.74) is 1.68. The van der Waals surface area contributed by atoms with E-state index >= 15 is 0 Å². The molecular weight excluding hydrogens is 457 g/mol. The second-order valence-electron chi connectivity index (χ2n) is 9.40. The lowest BCUT2D eigenvalue weighted by molar-refractivity contribution is -0.154. The van der Waals surface area contributed by atoms with Crippen LogP contribution in [0.15, 0.2) is 75.9 Å². The maximum absolute atomic E-state index is 13.8. The maximum Gasteiger partial charge on any atom is 0.453 e. The highest BCUT2D eigenvalue weighted by atomic mass is 19.4. The average Bonchev–Trinajstić information content (AvgIpc) is 2.79. The first kappa shape index (κ1) is 24.4.